The number of halogens is 1. The Bertz CT molecular complexity index is 653. The number of nitrogens with one attached hydrogen (secondary N) is 2. The lowest BCUT2D eigenvalue weighted by Crippen LogP contribution is -2.36. The molecule has 0 unspecified atom stereocenters. The lowest BCUT2D eigenvalue weighted by Gasteiger charge is -2.18. The molecule has 2 nitrogen and oxygen atoms in total. The summed E-state index contributed by atoms with van der Waals surface area (Å²) in [4.78, 5) is 0. The summed E-state index contributed by atoms with van der Waals surface area (Å²) in [6, 6.07) is 12.9. The first-order valence-corrected chi connectivity index (χ1v) is 7.72. The van der Waals surface area contributed by atoms with Crippen LogP contribution in [0.5, 0.6) is 0 Å². The molecule has 0 amide bonds. The van der Waals surface area contributed by atoms with Crippen LogP contribution in [0.25, 0.3) is 0 Å². The molecule has 116 valence electrons. The molecule has 4 heteroatoms. The van der Waals surface area contributed by atoms with Crippen LogP contribution in [0.15, 0.2) is 42.5 Å². The summed E-state index contributed by atoms with van der Waals surface area (Å²) in [5.41, 5.74) is 4.75. The molecule has 0 aromatic heterocycles. The Balaban J connectivity index is 1.88. The molecule has 0 aliphatic heterocycles. The van der Waals surface area contributed by atoms with Crippen molar-refractivity contribution in [3.8, 4) is 0 Å². The van der Waals surface area contributed by atoms with E-state index < -0.39 is 0 Å². The standard InChI is InChI=1S/C18H21FN2S/c1-12-4-7-16(10-13(12)2)14(3)21-18(22)20-11-15-5-8-17(19)9-6-15/h4-10,14H,11H2,1-3H3,(H2,20,21,22)/t14-/m0/s1. The minimum absolute atomic E-state index is 0.132. The Morgan fingerprint density at radius 3 is 2.41 bits per heavy atom. The number of rotatable bonds is 4. The summed E-state index contributed by atoms with van der Waals surface area (Å²) in [5, 5.41) is 7.01. The molecule has 0 spiro atoms. The Kier molecular flexibility index (Phi) is 5.50. The van der Waals surface area contributed by atoms with Crippen LogP contribution < -0.4 is 10.6 Å². The quantitative estimate of drug-likeness (QED) is 0.828. The summed E-state index contributed by atoms with van der Waals surface area (Å²) in [6.45, 7) is 6.87. The molecular weight excluding hydrogens is 295 g/mol. The van der Waals surface area contributed by atoms with Gasteiger partial charge in [-0.2, -0.15) is 0 Å². The van der Waals surface area contributed by atoms with Crippen molar-refractivity contribution >= 4 is 17.3 Å². The fourth-order valence-electron chi connectivity index (χ4n) is 2.15. The van der Waals surface area contributed by atoms with Crippen LogP contribution in [0, 0.1) is 19.7 Å². The Morgan fingerprint density at radius 1 is 1.09 bits per heavy atom. The van der Waals surface area contributed by atoms with Crippen LogP contribution in [0.2, 0.25) is 0 Å². The fourth-order valence-corrected chi connectivity index (χ4v) is 2.40. The van der Waals surface area contributed by atoms with Crippen molar-refractivity contribution in [3.63, 3.8) is 0 Å². The summed E-state index contributed by atoms with van der Waals surface area (Å²) >= 11 is 5.32. The molecule has 0 aliphatic rings. The zero-order valence-electron chi connectivity index (χ0n) is 13.1. The van der Waals surface area contributed by atoms with Gasteiger partial charge in [0.2, 0.25) is 0 Å². The lowest BCUT2D eigenvalue weighted by atomic mass is 10.0. The lowest BCUT2D eigenvalue weighted by molar-refractivity contribution is 0.626. The van der Waals surface area contributed by atoms with Gasteiger partial charge in [0.15, 0.2) is 5.11 Å². The highest BCUT2D eigenvalue weighted by Crippen LogP contribution is 2.16. The number of hydrogen-bond acceptors (Lipinski definition) is 1. The zero-order chi connectivity index (χ0) is 16.1. The maximum absolute atomic E-state index is 12.8. The average molecular weight is 316 g/mol. The van der Waals surface area contributed by atoms with Crippen molar-refractivity contribution in [2.24, 2.45) is 0 Å². The number of hydrogen-bond donors (Lipinski definition) is 2. The average Bonchev–Trinajstić information content (AvgIpc) is 2.49. The van der Waals surface area contributed by atoms with E-state index in [1.54, 1.807) is 12.1 Å². The minimum Gasteiger partial charge on any atom is -0.359 e. The number of thiocarbonyl (C=S) groups is 1. The molecule has 0 radical (unpaired) electrons. The summed E-state index contributed by atoms with van der Waals surface area (Å²) < 4.78 is 12.8. The second-order valence-corrected chi connectivity index (χ2v) is 5.93. The van der Waals surface area contributed by atoms with E-state index in [4.69, 9.17) is 12.2 Å². The SMILES string of the molecule is Cc1ccc([C@H](C)NC(=S)NCc2ccc(F)cc2)cc1C. The molecule has 0 bridgehead atoms. The van der Waals surface area contributed by atoms with E-state index in [2.05, 4.69) is 49.6 Å². The van der Waals surface area contributed by atoms with Crippen molar-refractivity contribution in [2.45, 2.75) is 33.4 Å². The highest BCUT2D eigenvalue weighted by Gasteiger charge is 2.07. The van der Waals surface area contributed by atoms with Gasteiger partial charge < -0.3 is 10.6 Å². The minimum atomic E-state index is -0.229. The summed E-state index contributed by atoms with van der Waals surface area (Å²) in [5.74, 6) is -0.229. The molecule has 1 atom stereocenters. The van der Waals surface area contributed by atoms with Gasteiger partial charge in [0.25, 0.3) is 0 Å². The van der Waals surface area contributed by atoms with Crippen LogP contribution >= 0.6 is 12.2 Å². The maximum Gasteiger partial charge on any atom is 0.167 e. The van der Waals surface area contributed by atoms with Crippen molar-refractivity contribution in [2.75, 3.05) is 0 Å². The molecule has 0 heterocycles. The Hall–Kier alpha value is -1.94. The first-order chi connectivity index (χ1) is 10.5. The van der Waals surface area contributed by atoms with Gasteiger partial charge >= 0.3 is 0 Å². The first-order valence-electron chi connectivity index (χ1n) is 7.31. The van der Waals surface area contributed by atoms with E-state index >= 15 is 0 Å². The molecule has 0 fully saturated rings. The second kappa shape index (κ2) is 7.36. The molecule has 2 aromatic carbocycles. The predicted octanol–water partition coefficient (Wildman–Crippen LogP) is 4.17. The van der Waals surface area contributed by atoms with E-state index in [9.17, 15) is 4.39 Å². The molecule has 2 aromatic rings. The number of benzene rings is 2. The van der Waals surface area contributed by atoms with Gasteiger partial charge in [-0.05, 0) is 67.4 Å². The number of aryl methyl sites for hydroxylation is 2. The van der Waals surface area contributed by atoms with Gasteiger partial charge in [-0.25, -0.2) is 4.39 Å². The third-order valence-corrected chi connectivity index (χ3v) is 4.01. The molecule has 0 saturated carbocycles. The normalized spacial score (nSPS) is 11.8. The van der Waals surface area contributed by atoms with Gasteiger partial charge in [-0.15, -0.1) is 0 Å². The van der Waals surface area contributed by atoms with E-state index in [1.165, 1.54) is 28.8 Å². The van der Waals surface area contributed by atoms with E-state index in [1.807, 2.05) is 0 Å². The van der Waals surface area contributed by atoms with Crippen molar-refractivity contribution < 1.29 is 4.39 Å². The van der Waals surface area contributed by atoms with Gasteiger partial charge in [0, 0.05) is 6.54 Å². The second-order valence-electron chi connectivity index (χ2n) is 5.52. The predicted molar refractivity (Wildman–Crippen MR) is 93.3 cm³/mol. The third kappa shape index (κ3) is 4.53. The van der Waals surface area contributed by atoms with Gasteiger partial charge in [-0.3, -0.25) is 0 Å². The van der Waals surface area contributed by atoms with Gasteiger partial charge in [0.05, 0.1) is 6.04 Å². The molecule has 2 rings (SSSR count). The Labute approximate surface area is 136 Å². The van der Waals surface area contributed by atoms with Gasteiger partial charge in [0.1, 0.15) is 5.82 Å². The third-order valence-electron chi connectivity index (χ3n) is 3.74. The first kappa shape index (κ1) is 16.4. The van der Waals surface area contributed by atoms with Crippen LogP contribution in [-0.4, -0.2) is 5.11 Å². The molecule has 22 heavy (non-hydrogen) atoms. The topological polar surface area (TPSA) is 24.1 Å². The summed E-state index contributed by atoms with van der Waals surface area (Å²) in [7, 11) is 0. The Morgan fingerprint density at radius 2 is 1.77 bits per heavy atom. The largest absolute Gasteiger partial charge is 0.359 e. The molecule has 2 N–H and O–H groups in total. The van der Waals surface area contributed by atoms with Crippen molar-refractivity contribution in [1.82, 2.24) is 10.6 Å². The highest BCUT2D eigenvalue weighted by molar-refractivity contribution is 7.80. The van der Waals surface area contributed by atoms with Crippen LogP contribution in [0.3, 0.4) is 0 Å². The smallest absolute Gasteiger partial charge is 0.167 e. The fraction of sp³-hybridized carbons (Fsp3) is 0.278. The van der Waals surface area contributed by atoms with Crippen LogP contribution in [0.4, 0.5) is 4.39 Å². The van der Waals surface area contributed by atoms with E-state index in [0.717, 1.165) is 5.56 Å². The molecular formula is C18H21FN2S. The van der Waals surface area contributed by atoms with Gasteiger partial charge in [-0.1, -0.05) is 30.3 Å². The van der Waals surface area contributed by atoms with E-state index in [-0.39, 0.29) is 11.9 Å². The zero-order valence-corrected chi connectivity index (χ0v) is 13.9. The van der Waals surface area contributed by atoms with Crippen molar-refractivity contribution in [1.29, 1.82) is 0 Å². The summed E-state index contributed by atoms with van der Waals surface area (Å²) in [6.07, 6.45) is 0. The van der Waals surface area contributed by atoms with Crippen molar-refractivity contribution in [3.05, 3.63) is 70.5 Å². The highest BCUT2D eigenvalue weighted by atomic mass is 32.1. The van der Waals surface area contributed by atoms with E-state index in [0.29, 0.717) is 11.7 Å². The molecule has 0 saturated heterocycles. The monoisotopic (exact) mass is 316 g/mol. The van der Waals surface area contributed by atoms with Crippen LogP contribution in [0.1, 0.15) is 35.2 Å². The maximum atomic E-state index is 12.8. The molecule has 0 aliphatic carbocycles. The van der Waals surface area contributed by atoms with Crippen LogP contribution in [-0.2, 0) is 6.54 Å².